The number of aromatic amines is 1. The first kappa shape index (κ1) is 10.8. The lowest BCUT2D eigenvalue weighted by molar-refractivity contribution is -0.136. The third kappa shape index (κ3) is 2.88. The number of H-pyrrole nitrogens is 1. The van der Waals surface area contributed by atoms with E-state index in [-0.39, 0.29) is 18.4 Å². The summed E-state index contributed by atoms with van der Waals surface area (Å²) >= 11 is 1.33. The number of aromatic nitrogens is 2. The molecular weight excluding hydrogens is 204 g/mol. The van der Waals surface area contributed by atoms with Crippen LogP contribution in [0.5, 0.6) is 0 Å². The highest BCUT2D eigenvalue weighted by Gasteiger charge is 2.04. The molecule has 1 aromatic rings. The molecule has 0 atom stereocenters. The van der Waals surface area contributed by atoms with Crippen LogP contribution in [0.25, 0.3) is 0 Å². The lowest BCUT2D eigenvalue weighted by atomic mass is 10.2. The van der Waals surface area contributed by atoms with Gasteiger partial charge in [0.05, 0.1) is 0 Å². The molecule has 1 heterocycles. The van der Waals surface area contributed by atoms with Crippen LogP contribution in [0.2, 0.25) is 0 Å². The predicted molar refractivity (Wildman–Crippen MR) is 52.6 cm³/mol. The highest BCUT2D eigenvalue weighted by Crippen LogP contribution is 2.04. The van der Waals surface area contributed by atoms with E-state index in [1.54, 1.807) is 6.26 Å². The molecule has 0 amide bonds. The van der Waals surface area contributed by atoms with Crippen molar-refractivity contribution in [2.24, 2.45) is 0 Å². The standard InChI is InChI=1S/C8H10N2O3S/c1-14-8-9-4-5(7(13)10-8)2-3-6(11)12/h4H,2-3H2,1H3,(H,11,12)(H,9,10,13). The third-order valence-electron chi connectivity index (χ3n) is 1.65. The first-order valence-corrected chi connectivity index (χ1v) is 5.20. The molecular formula is C8H10N2O3S. The Hall–Kier alpha value is -1.30. The lowest BCUT2D eigenvalue weighted by Crippen LogP contribution is -2.15. The van der Waals surface area contributed by atoms with E-state index >= 15 is 0 Å². The smallest absolute Gasteiger partial charge is 0.303 e. The zero-order valence-electron chi connectivity index (χ0n) is 7.61. The second-order valence-electron chi connectivity index (χ2n) is 2.64. The van der Waals surface area contributed by atoms with Gasteiger partial charge in [-0.15, -0.1) is 0 Å². The van der Waals surface area contributed by atoms with Gasteiger partial charge in [-0.2, -0.15) is 0 Å². The number of aliphatic carboxylic acids is 1. The van der Waals surface area contributed by atoms with Gasteiger partial charge in [-0.3, -0.25) is 9.59 Å². The van der Waals surface area contributed by atoms with Crippen LogP contribution < -0.4 is 5.56 Å². The molecule has 0 aromatic carbocycles. The summed E-state index contributed by atoms with van der Waals surface area (Å²) in [5.74, 6) is -0.918. The van der Waals surface area contributed by atoms with Gasteiger partial charge in [0.15, 0.2) is 5.16 Å². The Balaban J connectivity index is 2.79. The Morgan fingerprint density at radius 2 is 2.43 bits per heavy atom. The highest BCUT2D eigenvalue weighted by molar-refractivity contribution is 7.98. The highest BCUT2D eigenvalue weighted by atomic mass is 32.2. The van der Waals surface area contributed by atoms with Gasteiger partial charge in [0.1, 0.15) is 0 Å². The van der Waals surface area contributed by atoms with Crippen molar-refractivity contribution in [2.45, 2.75) is 18.0 Å². The predicted octanol–water partition coefficient (Wildman–Crippen LogP) is 0.509. The molecule has 6 heteroatoms. The summed E-state index contributed by atoms with van der Waals surface area (Å²) in [5, 5.41) is 8.97. The van der Waals surface area contributed by atoms with Crippen LogP contribution in [-0.4, -0.2) is 27.3 Å². The van der Waals surface area contributed by atoms with Crippen molar-refractivity contribution >= 4 is 17.7 Å². The van der Waals surface area contributed by atoms with Crippen LogP contribution >= 0.6 is 11.8 Å². The van der Waals surface area contributed by atoms with Crippen molar-refractivity contribution in [3.8, 4) is 0 Å². The minimum Gasteiger partial charge on any atom is -0.481 e. The Morgan fingerprint density at radius 1 is 1.71 bits per heavy atom. The van der Waals surface area contributed by atoms with E-state index in [1.807, 2.05) is 0 Å². The van der Waals surface area contributed by atoms with E-state index in [0.717, 1.165) is 0 Å². The maximum atomic E-state index is 11.3. The van der Waals surface area contributed by atoms with Gasteiger partial charge in [0.25, 0.3) is 5.56 Å². The molecule has 0 unspecified atom stereocenters. The number of aryl methyl sites for hydroxylation is 1. The Kier molecular flexibility index (Phi) is 3.70. The number of nitrogens with zero attached hydrogens (tertiary/aromatic N) is 1. The van der Waals surface area contributed by atoms with Gasteiger partial charge in [-0.05, 0) is 12.7 Å². The van der Waals surface area contributed by atoms with Crippen molar-refractivity contribution < 1.29 is 9.90 Å². The third-order valence-corrected chi connectivity index (χ3v) is 2.25. The molecule has 0 aliphatic rings. The molecule has 0 aliphatic heterocycles. The van der Waals surface area contributed by atoms with Crippen molar-refractivity contribution in [3.05, 3.63) is 22.1 Å². The SMILES string of the molecule is CSc1ncc(CCC(=O)O)c(=O)[nH]1. The van der Waals surface area contributed by atoms with Crippen LogP contribution in [0.3, 0.4) is 0 Å². The lowest BCUT2D eigenvalue weighted by Gasteiger charge is -1.98. The van der Waals surface area contributed by atoms with E-state index in [9.17, 15) is 9.59 Å². The fraction of sp³-hybridized carbons (Fsp3) is 0.375. The van der Waals surface area contributed by atoms with Gasteiger partial charge in [0, 0.05) is 18.2 Å². The Bertz CT molecular complexity index is 388. The molecule has 14 heavy (non-hydrogen) atoms. The average molecular weight is 214 g/mol. The van der Waals surface area contributed by atoms with E-state index in [1.165, 1.54) is 18.0 Å². The molecule has 0 bridgehead atoms. The summed E-state index contributed by atoms with van der Waals surface area (Å²) in [7, 11) is 0. The summed E-state index contributed by atoms with van der Waals surface area (Å²) < 4.78 is 0. The van der Waals surface area contributed by atoms with E-state index < -0.39 is 5.97 Å². The normalized spacial score (nSPS) is 10.1. The maximum absolute atomic E-state index is 11.3. The minimum absolute atomic E-state index is 0.0522. The van der Waals surface area contributed by atoms with Gasteiger partial charge in [-0.1, -0.05) is 11.8 Å². The summed E-state index contributed by atoms with van der Waals surface area (Å²) in [6.45, 7) is 0. The van der Waals surface area contributed by atoms with Gasteiger partial charge < -0.3 is 10.1 Å². The number of thioether (sulfide) groups is 1. The van der Waals surface area contributed by atoms with Crippen molar-refractivity contribution in [1.29, 1.82) is 0 Å². The number of carbonyl (C=O) groups is 1. The largest absolute Gasteiger partial charge is 0.481 e. The molecule has 0 spiro atoms. The molecule has 0 radical (unpaired) electrons. The van der Waals surface area contributed by atoms with E-state index in [0.29, 0.717) is 10.7 Å². The van der Waals surface area contributed by atoms with E-state index in [4.69, 9.17) is 5.11 Å². The molecule has 0 saturated heterocycles. The van der Waals surface area contributed by atoms with Crippen LogP contribution in [0.1, 0.15) is 12.0 Å². The van der Waals surface area contributed by atoms with Crippen LogP contribution in [0.4, 0.5) is 0 Å². The summed E-state index contributed by atoms with van der Waals surface area (Å²) in [6, 6.07) is 0. The second kappa shape index (κ2) is 4.80. The zero-order valence-corrected chi connectivity index (χ0v) is 8.43. The maximum Gasteiger partial charge on any atom is 0.303 e. The molecule has 0 saturated carbocycles. The fourth-order valence-corrected chi connectivity index (χ4v) is 1.28. The average Bonchev–Trinajstić information content (AvgIpc) is 2.15. The van der Waals surface area contributed by atoms with Crippen LogP contribution in [0, 0.1) is 0 Å². The van der Waals surface area contributed by atoms with Gasteiger partial charge in [-0.25, -0.2) is 4.98 Å². The van der Waals surface area contributed by atoms with E-state index in [2.05, 4.69) is 9.97 Å². The first-order valence-electron chi connectivity index (χ1n) is 3.97. The summed E-state index contributed by atoms with van der Waals surface area (Å²) in [5.41, 5.74) is 0.149. The first-order chi connectivity index (χ1) is 6.63. The van der Waals surface area contributed by atoms with Crippen molar-refractivity contribution in [1.82, 2.24) is 9.97 Å². The van der Waals surface area contributed by atoms with Gasteiger partial charge >= 0.3 is 5.97 Å². The van der Waals surface area contributed by atoms with Crippen molar-refractivity contribution in [2.75, 3.05) is 6.26 Å². The molecule has 0 aliphatic carbocycles. The number of hydrogen-bond acceptors (Lipinski definition) is 4. The van der Waals surface area contributed by atoms with Gasteiger partial charge in [0.2, 0.25) is 0 Å². The van der Waals surface area contributed by atoms with Crippen LogP contribution in [-0.2, 0) is 11.2 Å². The molecule has 76 valence electrons. The Morgan fingerprint density at radius 3 is 2.93 bits per heavy atom. The molecule has 1 aromatic heterocycles. The molecule has 0 fully saturated rings. The topological polar surface area (TPSA) is 83.0 Å². The number of carboxylic acids is 1. The summed E-state index contributed by atoms with van der Waals surface area (Å²) in [6.07, 6.45) is 3.39. The monoisotopic (exact) mass is 214 g/mol. The van der Waals surface area contributed by atoms with Crippen LogP contribution in [0.15, 0.2) is 16.1 Å². The number of carboxylic acid groups (broad SMARTS) is 1. The Labute approximate surface area is 84.6 Å². The molecule has 1 rings (SSSR count). The molecule has 5 nitrogen and oxygen atoms in total. The summed E-state index contributed by atoms with van der Waals surface area (Å²) in [4.78, 5) is 28.1. The number of nitrogens with one attached hydrogen (secondary N) is 1. The number of rotatable bonds is 4. The zero-order chi connectivity index (χ0) is 10.6. The minimum atomic E-state index is -0.918. The molecule has 2 N–H and O–H groups in total. The second-order valence-corrected chi connectivity index (χ2v) is 3.44. The quantitative estimate of drug-likeness (QED) is 0.563. The fourth-order valence-electron chi connectivity index (χ4n) is 0.928. The number of hydrogen-bond donors (Lipinski definition) is 2. The van der Waals surface area contributed by atoms with Crippen molar-refractivity contribution in [3.63, 3.8) is 0 Å².